The van der Waals surface area contributed by atoms with Crippen molar-refractivity contribution in [3.8, 4) is 5.75 Å². The minimum Gasteiger partial charge on any atom is -0.497 e. The van der Waals surface area contributed by atoms with E-state index in [9.17, 15) is 4.79 Å². The fourth-order valence-corrected chi connectivity index (χ4v) is 2.03. The van der Waals surface area contributed by atoms with E-state index in [2.05, 4.69) is 12.6 Å². The maximum atomic E-state index is 12.4. The molecule has 4 heteroatoms. The Morgan fingerprint density at radius 2 is 1.89 bits per heavy atom. The summed E-state index contributed by atoms with van der Waals surface area (Å²) >= 11 is 4.31. The van der Waals surface area contributed by atoms with Gasteiger partial charge in [0.1, 0.15) is 5.75 Å². The Morgan fingerprint density at radius 3 is 2.58 bits per heavy atom. The zero-order valence-corrected chi connectivity index (χ0v) is 11.7. The molecule has 3 nitrogen and oxygen atoms in total. The molecule has 0 saturated carbocycles. The zero-order valence-electron chi connectivity index (χ0n) is 10.8. The van der Waals surface area contributed by atoms with E-state index >= 15 is 0 Å². The van der Waals surface area contributed by atoms with Crippen LogP contribution in [0, 0.1) is 0 Å². The summed E-state index contributed by atoms with van der Waals surface area (Å²) in [6.07, 6.45) is 0. The fourth-order valence-electron chi connectivity index (χ4n) is 1.77. The molecule has 0 fully saturated rings. The van der Waals surface area contributed by atoms with Gasteiger partial charge in [-0.3, -0.25) is 4.79 Å². The summed E-state index contributed by atoms with van der Waals surface area (Å²) < 4.78 is 5.16. The maximum absolute atomic E-state index is 12.4. The summed E-state index contributed by atoms with van der Waals surface area (Å²) in [7, 11) is 3.33. The molecule has 2 rings (SSSR count). The van der Waals surface area contributed by atoms with Crippen LogP contribution < -0.4 is 9.64 Å². The molecule has 19 heavy (non-hydrogen) atoms. The molecule has 0 aliphatic rings. The molecular formula is C15H15NO2S. The summed E-state index contributed by atoms with van der Waals surface area (Å²) in [4.78, 5) is 14.7. The highest BCUT2D eigenvalue weighted by atomic mass is 32.1. The van der Waals surface area contributed by atoms with E-state index < -0.39 is 0 Å². The number of carbonyl (C=O) groups excluding carboxylic acids is 1. The Balaban J connectivity index is 2.31. The van der Waals surface area contributed by atoms with E-state index in [0.717, 1.165) is 11.4 Å². The highest BCUT2D eigenvalue weighted by molar-refractivity contribution is 7.80. The molecule has 0 heterocycles. The van der Waals surface area contributed by atoms with Crippen LogP contribution in [0.1, 0.15) is 10.4 Å². The Kier molecular flexibility index (Phi) is 4.12. The summed E-state index contributed by atoms with van der Waals surface area (Å²) in [5.74, 6) is 0.621. The highest BCUT2D eigenvalue weighted by Crippen LogP contribution is 2.23. The molecule has 98 valence electrons. The first-order valence-electron chi connectivity index (χ1n) is 5.83. The van der Waals surface area contributed by atoms with Crippen LogP contribution in [0.5, 0.6) is 5.75 Å². The predicted molar refractivity (Wildman–Crippen MR) is 79.4 cm³/mol. The van der Waals surface area contributed by atoms with Gasteiger partial charge < -0.3 is 9.64 Å². The number of methoxy groups -OCH3 is 1. The number of benzene rings is 2. The fraction of sp³-hybridized carbons (Fsp3) is 0.133. The first kappa shape index (κ1) is 13.5. The van der Waals surface area contributed by atoms with Crippen molar-refractivity contribution in [2.75, 3.05) is 19.1 Å². The van der Waals surface area contributed by atoms with Crippen LogP contribution in [0.25, 0.3) is 0 Å². The lowest BCUT2D eigenvalue weighted by Crippen LogP contribution is -2.26. The van der Waals surface area contributed by atoms with E-state index in [1.54, 1.807) is 31.2 Å². The minimum atomic E-state index is -0.0983. The van der Waals surface area contributed by atoms with Crippen molar-refractivity contribution in [1.82, 2.24) is 0 Å². The van der Waals surface area contributed by atoms with Crippen LogP contribution >= 0.6 is 12.6 Å². The number of carbonyl (C=O) groups is 1. The number of thiol groups is 1. The Morgan fingerprint density at radius 1 is 1.16 bits per heavy atom. The maximum Gasteiger partial charge on any atom is 0.259 e. The standard InChI is InChI=1S/C15H15NO2S/c1-16(11-6-5-7-12(10-11)18-2)15(17)13-8-3-4-9-14(13)19/h3-10,19H,1-2H3. The van der Waals surface area contributed by atoms with Gasteiger partial charge >= 0.3 is 0 Å². The first-order valence-corrected chi connectivity index (χ1v) is 6.28. The average Bonchev–Trinajstić information content (AvgIpc) is 2.46. The van der Waals surface area contributed by atoms with Gasteiger partial charge in [-0.05, 0) is 24.3 Å². The average molecular weight is 273 g/mol. The minimum absolute atomic E-state index is 0.0983. The monoisotopic (exact) mass is 273 g/mol. The molecule has 0 spiro atoms. The largest absolute Gasteiger partial charge is 0.497 e. The van der Waals surface area contributed by atoms with Gasteiger partial charge in [-0.1, -0.05) is 18.2 Å². The molecule has 2 aromatic carbocycles. The number of hydrogen-bond donors (Lipinski definition) is 1. The van der Waals surface area contributed by atoms with E-state index in [0.29, 0.717) is 10.5 Å². The van der Waals surface area contributed by atoms with Crippen LogP contribution in [0.2, 0.25) is 0 Å². The Bertz CT molecular complexity index is 598. The third-order valence-electron chi connectivity index (χ3n) is 2.88. The van der Waals surface area contributed by atoms with Crippen molar-refractivity contribution in [3.63, 3.8) is 0 Å². The third kappa shape index (κ3) is 2.90. The molecule has 0 bridgehead atoms. The van der Waals surface area contributed by atoms with Crippen molar-refractivity contribution in [2.24, 2.45) is 0 Å². The summed E-state index contributed by atoms with van der Waals surface area (Å²) in [6, 6.07) is 14.6. The van der Waals surface area contributed by atoms with Gasteiger partial charge in [0.2, 0.25) is 0 Å². The molecule has 0 atom stereocenters. The van der Waals surface area contributed by atoms with E-state index in [-0.39, 0.29) is 5.91 Å². The molecule has 1 amide bonds. The lowest BCUT2D eigenvalue weighted by molar-refractivity contribution is 0.0990. The predicted octanol–water partition coefficient (Wildman–Crippen LogP) is 3.26. The van der Waals surface area contributed by atoms with Gasteiger partial charge in [0.05, 0.1) is 12.7 Å². The van der Waals surface area contributed by atoms with Gasteiger partial charge in [-0.15, -0.1) is 12.6 Å². The number of hydrogen-bond acceptors (Lipinski definition) is 3. The van der Waals surface area contributed by atoms with Gasteiger partial charge in [0.25, 0.3) is 5.91 Å². The molecule has 0 aliphatic heterocycles. The van der Waals surface area contributed by atoms with E-state index in [1.165, 1.54) is 0 Å². The van der Waals surface area contributed by atoms with Crippen LogP contribution in [0.4, 0.5) is 5.69 Å². The van der Waals surface area contributed by atoms with E-state index in [4.69, 9.17) is 4.74 Å². The van der Waals surface area contributed by atoms with Gasteiger partial charge in [-0.2, -0.15) is 0 Å². The second-order valence-electron chi connectivity index (χ2n) is 4.08. The number of ether oxygens (including phenoxy) is 1. The summed E-state index contributed by atoms with van der Waals surface area (Å²) in [6.45, 7) is 0. The molecule has 0 saturated heterocycles. The topological polar surface area (TPSA) is 29.5 Å². The Hall–Kier alpha value is -1.94. The van der Waals surface area contributed by atoms with E-state index in [1.807, 2.05) is 36.4 Å². The number of nitrogens with zero attached hydrogens (tertiary/aromatic N) is 1. The van der Waals surface area contributed by atoms with Crippen molar-refractivity contribution in [1.29, 1.82) is 0 Å². The molecule has 0 aliphatic carbocycles. The molecule has 0 aromatic heterocycles. The summed E-state index contributed by atoms with van der Waals surface area (Å²) in [5, 5.41) is 0. The van der Waals surface area contributed by atoms with Crippen LogP contribution in [0.15, 0.2) is 53.4 Å². The molecule has 0 unspecified atom stereocenters. The van der Waals surface area contributed by atoms with Crippen molar-refractivity contribution >= 4 is 24.2 Å². The quantitative estimate of drug-likeness (QED) is 0.870. The third-order valence-corrected chi connectivity index (χ3v) is 3.27. The normalized spacial score (nSPS) is 10.1. The summed E-state index contributed by atoms with van der Waals surface area (Å²) in [5.41, 5.74) is 1.36. The van der Waals surface area contributed by atoms with Crippen LogP contribution in [-0.2, 0) is 0 Å². The van der Waals surface area contributed by atoms with Gasteiger partial charge in [0.15, 0.2) is 0 Å². The SMILES string of the molecule is COc1cccc(N(C)C(=O)c2ccccc2S)c1. The van der Waals surface area contributed by atoms with Gasteiger partial charge in [0, 0.05) is 23.7 Å². The zero-order chi connectivity index (χ0) is 13.8. The number of rotatable bonds is 3. The molecule has 0 radical (unpaired) electrons. The number of anilines is 1. The molecule has 2 aromatic rings. The van der Waals surface area contributed by atoms with Crippen LogP contribution in [-0.4, -0.2) is 20.1 Å². The van der Waals surface area contributed by atoms with Crippen LogP contribution in [0.3, 0.4) is 0 Å². The number of amides is 1. The van der Waals surface area contributed by atoms with Crippen molar-refractivity contribution in [3.05, 3.63) is 54.1 Å². The smallest absolute Gasteiger partial charge is 0.259 e. The lowest BCUT2D eigenvalue weighted by Gasteiger charge is -2.18. The first-order chi connectivity index (χ1) is 9.13. The molecular weight excluding hydrogens is 258 g/mol. The van der Waals surface area contributed by atoms with Crippen molar-refractivity contribution < 1.29 is 9.53 Å². The lowest BCUT2D eigenvalue weighted by atomic mass is 10.2. The van der Waals surface area contributed by atoms with Crippen molar-refractivity contribution in [2.45, 2.75) is 4.90 Å². The highest BCUT2D eigenvalue weighted by Gasteiger charge is 2.15. The Labute approximate surface area is 118 Å². The second-order valence-corrected chi connectivity index (χ2v) is 4.56. The second kappa shape index (κ2) is 5.80. The van der Waals surface area contributed by atoms with Gasteiger partial charge in [-0.25, -0.2) is 0 Å². The molecule has 0 N–H and O–H groups in total.